The first-order chi connectivity index (χ1) is 13.4. The van der Waals surface area contributed by atoms with Crippen LogP contribution in [0.1, 0.15) is 53.7 Å². The lowest BCUT2D eigenvalue weighted by molar-refractivity contribution is 0.101. The van der Waals surface area contributed by atoms with E-state index in [1.807, 2.05) is 17.5 Å². The maximum Gasteiger partial charge on any atom is 0.278 e. The second-order valence-corrected chi connectivity index (χ2v) is 10.2. The van der Waals surface area contributed by atoms with Gasteiger partial charge in [0.15, 0.2) is 11.5 Å². The van der Waals surface area contributed by atoms with Gasteiger partial charge in [-0.05, 0) is 47.6 Å². The van der Waals surface area contributed by atoms with Gasteiger partial charge >= 0.3 is 0 Å². The molecule has 0 saturated carbocycles. The number of rotatable bonds is 3. The van der Waals surface area contributed by atoms with Crippen LogP contribution >= 0.6 is 22.7 Å². The number of hydrogen-bond donors (Lipinski definition) is 1. The normalized spacial score (nSPS) is 16.4. The molecule has 1 aliphatic carbocycles. The molecule has 4 rings (SSSR count). The minimum atomic E-state index is -0.353. The zero-order valence-corrected chi connectivity index (χ0v) is 17.7. The minimum absolute atomic E-state index is 0.214. The SMILES string of the molecule is CC(C)(C)[C@@H]1CCc2c(sc(NC(=O)c3cc(-c4cccs4)on3)c2C#N)C1. The van der Waals surface area contributed by atoms with Crippen LogP contribution in [0.15, 0.2) is 28.1 Å². The number of amides is 1. The van der Waals surface area contributed by atoms with Gasteiger partial charge in [-0.15, -0.1) is 22.7 Å². The molecule has 1 atom stereocenters. The first-order valence-electron chi connectivity index (χ1n) is 9.23. The molecule has 3 aromatic rings. The summed E-state index contributed by atoms with van der Waals surface area (Å²) < 4.78 is 5.30. The Morgan fingerprint density at radius 3 is 2.93 bits per heavy atom. The van der Waals surface area contributed by atoms with Crippen LogP contribution in [0.25, 0.3) is 10.6 Å². The van der Waals surface area contributed by atoms with Gasteiger partial charge in [0.1, 0.15) is 11.1 Å². The monoisotopic (exact) mass is 411 g/mol. The molecule has 3 heterocycles. The maximum absolute atomic E-state index is 12.7. The van der Waals surface area contributed by atoms with Gasteiger partial charge in [-0.25, -0.2) is 0 Å². The molecule has 0 fully saturated rings. The summed E-state index contributed by atoms with van der Waals surface area (Å²) in [5, 5.41) is 19.0. The molecule has 0 aliphatic heterocycles. The second kappa shape index (κ2) is 7.19. The van der Waals surface area contributed by atoms with Gasteiger partial charge in [0.25, 0.3) is 5.91 Å². The number of hydrogen-bond acceptors (Lipinski definition) is 6. The van der Waals surface area contributed by atoms with E-state index in [1.165, 1.54) is 27.6 Å². The number of nitrogens with one attached hydrogen (secondary N) is 1. The van der Waals surface area contributed by atoms with Crippen LogP contribution < -0.4 is 5.32 Å². The summed E-state index contributed by atoms with van der Waals surface area (Å²) in [6.45, 7) is 6.79. The Morgan fingerprint density at radius 2 is 2.25 bits per heavy atom. The fraction of sp³-hybridized carbons (Fsp3) is 0.381. The third-order valence-corrected chi connectivity index (χ3v) is 7.39. The molecular formula is C21H21N3O2S2. The molecule has 0 aromatic carbocycles. The molecule has 0 radical (unpaired) electrons. The third-order valence-electron chi connectivity index (χ3n) is 5.34. The number of aromatic nitrogens is 1. The van der Waals surface area contributed by atoms with Crippen molar-refractivity contribution in [1.29, 1.82) is 5.26 Å². The van der Waals surface area contributed by atoms with E-state index in [0.717, 1.165) is 29.7 Å². The molecule has 28 heavy (non-hydrogen) atoms. The van der Waals surface area contributed by atoms with Crippen molar-refractivity contribution < 1.29 is 9.32 Å². The zero-order valence-electron chi connectivity index (χ0n) is 16.0. The van der Waals surface area contributed by atoms with Gasteiger partial charge in [-0.2, -0.15) is 5.26 Å². The van der Waals surface area contributed by atoms with E-state index in [0.29, 0.717) is 22.2 Å². The van der Waals surface area contributed by atoms with Crippen LogP contribution in [0.4, 0.5) is 5.00 Å². The lowest BCUT2D eigenvalue weighted by Gasteiger charge is -2.33. The summed E-state index contributed by atoms with van der Waals surface area (Å²) in [5.74, 6) is 0.797. The Kier molecular flexibility index (Phi) is 4.86. The van der Waals surface area contributed by atoms with Crippen molar-refractivity contribution in [3.8, 4) is 16.7 Å². The van der Waals surface area contributed by atoms with Gasteiger partial charge in [-0.3, -0.25) is 4.79 Å². The summed E-state index contributed by atoms with van der Waals surface area (Å²) in [6.07, 6.45) is 2.92. The van der Waals surface area contributed by atoms with Crippen molar-refractivity contribution in [2.75, 3.05) is 5.32 Å². The van der Waals surface area contributed by atoms with E-state index in [9.17, 15) is 10.1 Å². The van der Waals surface area contributed by atoms with Crippen molar-refractivity contribution in [2.45, 2.75) is 40.0 Å². The highest BCUT2D eigenvalue weighted by molar-refractivity contribution is 7.16. The molecule has 1 aliphatic rings. The largest absolute Gasteiger partial charge is 0.355 e. The van der Waals surface area contributed by atoms with E-state index >= 15 is 0 Å². The number of carbonyl (C=O) groups excluding carboxylic acids is 1. The molecule has 3 aromatic heterocycles. The number of thiophene rings is 2. The molecule has 7 heteroatoms. The van der Waals surface area contributed by atoms with Crippen molar-refractivity contribution >= 4 is 33.6 Å². The molecule has 5 nitrogen and oxygen atoms in total. The quantitative estimate of drug-likeness (QED) is 0.596. The Bertz CT molecular complexity index is 1050. The van der Waals surface area contributed by atoms with E-state index < -0.39 is 0 Å². The summed E-state index contributed by atoms with van der Waals surface area (Å²) in [6, 6.07) is 7.77. The molecule has 0 bridgehead atoms. The van der Waals surface area contributed by atoms with E-state index in [2.05, 4.69) is 37.3 Å². The van der Waals surface area contributed by atoms with Gasteiger partial charge in [0.05, 0.1) is 10.4 Å². The lowest BCUT2D eigenvalue weighted by Crippen LogP contribution is -2.26. The Morgan fingerprint density at radius 1 is 1.43 bits per heavy atom. The van der Waals surface area contributed by atoms with Crippen molar-refractivity contribution in [3.05, 3.63) is 45.3 Å². The number of nitriles is 1. The smallest absolute Gasteiger partial charge is 0.278 e. The number of nitrogens with zero attached hydrogens (tertiary/aromatic N) is 2. The van der Waals surface area contributed by atoms with Crippen LogP contribution in [0.3, 0.4) is 0 Å². The van der Waals surface area contributed by atoms with Crippen LogP contribution in [-0.2, 0) is 12.8 Å². The van der Waals surface area contributed by atoms with Gasteiger partial charge in [0.2, 0.25) is 0 Å². The highest BCUT2D eigenvalue weighted by Gasteiger charge is 2.32. The Balaban J connectivity index is 1.56. The maximum atomic E-state index is 12.7. The van der Waals surface area contributed by atoms with E-state index in [1.54, 1.807) is 6.07 Å². The van der Waals surface area contributed by atoms with Gasteiger partial charge in [-0.1, -0.05) is 32.0 Å². The molecular weight excluding hydrogens is 390 g/mol. The van der Waals surface area contributed by atoms with Crippen LogP contribution in [0.5, 0.6) is 0 Å². The highest BCUT2D eigenvalue weighted by atomic mass is 32.1. The molecule has 144 valence electrons. The van der Waals surface area contributed by atoms with Gasteiger partial charge < -0.3 is 9.84 Å². The predicted molar refractivity (Wildman–Crippen MR) is 112 cm³/mol. The molecule has 0 unspecified atom stereocenters. The summed E-state index contributed by atoms with van der Waals surface area (Å²) >= 11 is 3.05. The Labute approximate surface area is 172 Å². The fourth-order valence-electron chi connectivity index (χ4n) is 3.62. The average molecular weight is 412 g/mol. The average Bonchev–Trinajstić information content (AvgIpc) is 3.38. The molecule has 0 saturated heterocycles. The Hall–Kier alpha value is -2.43. The van der Waals surface area contributed by atoms with E-state index in [4.69, 9.17) is 4.52 Å². The summed E-state index contributed by atoms with van der Waals surface area (Å²) in [4.78, 5) is 14.8. The van der Waals surface area contributed by atoms with Crippen molar-refractivity contribution in [3.63, 3.8) is 0 Å². The fourth-order valence-corrected chi connectivity index (χ4v) is 5.56. The molecule has 1 amide bonds. The molecule has 1 N–H and O–H groups in total. The minimum Gasteiger partial charge on any atom is -0.355 e. The van der Waals surface area contributed by atoms with Crippen molar-refractivity contribution in [1.82, 2.24) is 5.16 Å². The zero-order chi connectivity index (χ0) is 19.9. The number of fused-ring (bicyclic) bond motifs is 1. The van der Waals surface area contributed by atoms with Crippen molar-refractivity contribution in [2.24, 2.45) is 11.3 Å². The third kappa shape index (κ3) is 3.50. The second-order valence-electron chi connectivity index (χ2n) is 8.13. The first kappa shape index (κ1) is 18.9. The highest BCUT2D eigenvalue weighted by Crippen LogP contribution is 2.44. The van der Waals surface area contributed by atoms with E-state index in [-0.39, 0.29) is 17.0 Å². The number of carbonyl (C=O) groups is 1. The van der Waals surface area contributed by atoms with Crippen LogP contribution in [0, 0.1) is 22.7 Å². The first-order valence-corrected chi connectivity index (χ1v) is 10.9. The van der Waals surface area contributed by atoms with Crippen LogP contribution in [0.2, 0.25) is 0 Å². The van der Waals surface area contributed by atoms with Gasteiger partial charge in [0, 0.05) is 10.9 Å². The predicted octanol–water partition coefficient (Wildman–Crippen LogP) is 5.74. The lowest BCUT2D eigenvalue weighted by atomic mass is 9.72. The number of anilines is 1. The summed E-state index contributed by atoms with van der Waals surface area (Å²) in [5.41, 5.74) is 2.15. The molecule has 0 spiro atoms. The topological polar surface area (TPSA) is 78.9 Å². The standard InChI is InChI=1S/C21H21N3O2S2/c1-21(2,3)12-6-7-13-14(11-22)20(28-18(13)9-12)23-19(25)15-10-16(26-24-15)17-5-4-8-27-17/h4-5,8,10,12H,6-7,9H2,1-3H3,(H,23,25)/t12-/m1/s1. The summed E-state index contributed by atoms with van der Waals surface area (Å²) in [7, 11) is 0. The van der Waals surface area contributed by atoms with Crippen LogP contribution in [-0.4, -0.2) is 11.1 Å².